The molecule has 1 aliphatic rings. The maximum atomic E-state index is 14.6. The van der Waals surface area contributed by atoms with Crippen LogP contribution in [-0.2, 0) is 17.8 Å². The smallest absolute Gasteiger partial charge is 0.274 e. The van der Waals surface area contributed by atoms with Crippen LogP contribution in [0.4, 0.5) is 5.69 Å². The zero-order valence-corrected chi connectivity index (χ0v) is 29.8. The number of aliphatic hydroxyl groups excluding tert-OH is 1. The van der Waals surface area contributed by atoms with Crippen molar-refractivity contribution in [2.45, 2.75) is 78.3 Å². The van der Waals surface area contributed by atoms with Crippen molar-refractivity contribution >= 4 is 34.4 Å². The third-order valence-corrected chi connectivity index (χ3v) is 9.72. The van der Waals surface area contributed by atoms with E-state index in [4.69, 9.17) is 9.62 Å². The number of nitrogens with zero attached hydrogens (tertiary/aromatic N) is 5. The van der Waals surface area contributed by atoms with Gasteiger partial charge in [-0.3, -0.25) is 14.4 Å². The standard InChI is InChI=1S/C40H46N6O5/c1-5-7-19-44(20-8-6-2)40(50)34-21-26(3)46(42-34)35-18-17-30(41-38(48)27(4)37-32-15-11-12-16-36(32)51-43-37)23-33(35)39(49)45-24-29-14-10-9-13-28(29)22-31(45)25-47/h9-18,21,23,27,31,47H,5-8,19-20,22,24-25H2,1-4H3,(H,41,48)/t27?,31-/m0/s1. The summed E-state index contributed by atoms with van der Waals surface area (Å²) in [5.41, 5.74) is 5.38. The third-order valence-electron chi connectivity index (χ3n) is 9.72. The molecular weight excluding hydrogens is 644 g/mol. The molecule has 0 bridgehead atoms. The van der Waals surface area contributed by atoms with Crippen molar-refractivity contribution in [3.05, 3.63) is 107 Å². The lowest BCUT2D eigenvalue weighted by atomic mass is 9.93. The first-order valence-corrected chi connectivity index (χ1v) is 17.9. The van der Waals surface area contributed by atoms with E-state index in [2.05, 4.69) is 24.3 Å². The number of anilines is 1. The van der Waals surface area contributed by atoms with Crippen molar-refractivity contribution in [2.24, 2.45) is 0 Å². The molecule has 11 heteroatoms. The Balaban J connectivity index is 1.37. The SMILES string of the molecule is CCCCN(CCCC)C(=O)c1cc(C)n(-c2ccc(NC(=O)C(C)c3noc4ccccc34)cc2C(=O)N2Cc3ccccc3C[C@H]2CO)n1. The Kier molecular flexibility index (Phi) is 11.0. The Labute approximate surface area is 298 Å². The minimum atomic E-state index is -0.643. The van der Waals surface area contributed by atoms with Crippen molar-refractivity contribution in [1.29, 1.82) is 0 Å². The maximum absolute atomic E-state index is 14.6. The topological polar surface area (TPSA) is 134 Å². The summed E-state index contributed by atoms with van der Waals surface area (Å²) in [5.74, 6) is -1.42. The first-order chi connectivity index (χ1) is 24.7. The molecule has 2 aromatic heterocycles. The van der Waals surface area contributed by atoms with E-state index in [0.29, 0.717) is 60.1 Å². The van der Waals surface area contributed by atoms with Crippen LogP contribution in [0, 0.1) is 6.92 Å². The van der Waals surface area contributed by atoms with Gasteiger partial charge in [0.05, 0.1) is 29.8 Å². The molecule has 51 heavy (non-hydrogen) atoms. The second-order valence-electron chi connectivity index (χ2n) is 13.3. The van der Waals surface area contributed by atoms with E-state index >= 15 is 0 Å². The number of aryl methyl sites for hydroxylation is 1. The highest BCUT2D eigenvalue weighted by Gasteiger charge is 2.32. The van der Waals surface area contributed by atoms with E-state index in [1.54, 1.807) is 46.8 Å². The lowest BCUT2D eigenvalue weighted by molar-refractivity contribution is -0.117. The molecule has 2 N–H and O–H groups in total. The molecule has 2 atom stereocenters. The van der Waals surface area contributed by atoms with Crippen LogP contribution < -0.4 is 5.32 Å². The number of nitrogens with one attached hydrogen (secondary N) is 1. The van der Waals surface area contributed by atoms with Gasteiger partial charge in [-0.1, -0.05) is 68.2 Å². The van der Waals surface area contributed by atoms with Crippen LogP contribution in [0.3, 0.4) is 0 Å². The van der Waals surface area contributed by atoms with Gasteiger partial charge in [-0.05, 0) is 80.6 Å². The number of amides is 3. The second-order valence-corrected chi connectivity index (χ2v) is 13.3. The van der Waals surface area contributed by atoms with Gasteiger partial charge in [0.2, 0.25) is 5.91 Å². The zero-order chi connectivity index (χ0) is 36.1. The lowest BCUT2D eigenvalue weighted by Crippen LogP contribution is -2.46. The Morgan fingerprint density at radius 1 is 0.980 bits per heavy atom. The van der Waals surface area contributed by atoms with E-state index in [-0.39, 0.29) is 29.9 Å². The first-order valence-electron chi connectivity index (χ1n) is 17.9. The fraction of sp³-hybridized carbons (Fsp3) is 0.375. The van der Waals surface area contributed by atoms with Gasteiger partial charge in [0.1, 0.15) is 5.69 Å². The second kappa shape index (κ2) is 15.7. The fourth-order valence-electron chi connectivity index (χ4n) is 6.70. The molecule has 0 saturated heterocycles. The van der Waals surface area contributed by atoms with Crippen molar-refractivity contribution < 1.29 is 24.0 Å². The molecule has 1 aliphatic heterocycles. The number of unbranched alkanes of at least 4 members (excludes halogenated alkanes) is 2. The molecule has 1 unspecified atom stereocenters. The van der Waals surface area contributed by atoms with Crippen molar-refractivity contribution in [1.82, 2.24) is 24.7 Å². The molecule has 266 valence electrons. The molecule has 11 nitrogen and oxygen atoms in total. The summed E-state index contributed by atoms with van der Waals surface area (Å²) >= 11 is 0. The maximum Gasteiger partial charge on any atom is 0.274 e. The number of rotatable bonds is 13. The Hall–Kier alpha value is -5.29. The summed E-state index contributed by atoms with van der Waals surface area (Å²) in [6.07, 6.45) is 4.26. The first kappa shape index (κ1) is 35.5. The zero-order valence-electron chi connectivity index (χ0n) is 29.8. The van der Waals surface area contributed by atoms with Crippen LogP contribution in [0.5, 0.6) is 0 Å². The predicted molar refractivity (Wildman–Crippen MR) is 196 cm³/mol. The van der Waals surface area contributed by atoms with E-state index in [9.17, 15) is 19.5 Å². The highest BCUT2D eigenvalue weighted by Crippen LogP contribution is 2.30. The molecule has 0 fully saturated rings. The minimum absolute atomic E-state index is 0.141. The average molecular weight is 691 g/mol. The van der Waals surface area contributed by atoms with Gasteiger partial charge in [-0.25, -0.2) is 4.68 Å². The highest BCUT2D eigenvalue weighted by atomic mass is 16.5. The van der Waals surface area contributed by atoms with Gasteiger partial charge < -0.3 is 24.7 Å². The van der Waals surface area contributed by atoms with Crippen LogP contribution in [-0.4, -0.2) is 73.3 Å². The molecule has 3 aromatic carbocycles. The summed E-state index contributed by atoms with van der Waals surface area (Å²) in [6.45, 7) is 9.23. The van der Waals surface area contributed by atoms with Crippen LogP contribution in [0.2, 0.25) is 0 Å². The van der Waals surface area contributed by atoms with E-state index in [1.165, 1.54) is 0 Å². The van der Waals surface area contributed by atoms with Crippen molar-refractivity contribution in [3.8, 4) is 5.69 Å². The fourth-order valence-corrected chi connectivity index (χ4v) is 6.70. The van der Waals surface area contributed by atoms with Gasteiger partial charge >= 0.3 is 0 Å². The number of aromatic nitrogens is 3. The molecule has 0 radical (unpaired) electrons. The van der Waals surface area contributed by atoms with Crippen LogP contribution >= 0.6 is 0 Å². The molecule has 3 amide bonds. The largest absolute Gasteiger partial charge is 0.394 e. The van der Waals surface area contributed by atoms with Crippen LogP contribution in [0.25, 0.3) is 16.7 Å². The lowest BCUT2D eigenvalue weighted by Gasteiger charge is -2.36. The molecule has 3 heterocycles. The molecule has 0 saturated carbocycles. The number of hydrogen-bond acceptors (Lipinski definition) is 7. The predicted octanol–water partition coefficient (Wildman–Crippen LogP) is 6.67. The number of carbonyl (C=O) groups is 3. The monoisotopic (exact) mass is 690 g/mol. The van der Waals surface area contributed by atoms with E-state index in [1.807, 2.05) is 54.3 Å². The van der Waals surface area contributed by atoms with E-state index in [0.717, 1.165) is 42.2 Å². The molecule has 0 spiro atoms. The molecule has 0 aliphatic carbocycles. The molecule has 6 rings (SSSR count). The summed E-state index contributed by atoms with van der Waals surface area (Å²) in [7, 11) is 0. The number of hydrogen-bond donors (Lipinski definition) is 2. The number of para-hydroxylation sites is 1. The third kappa shape index (κ3) is 7.44. The Morgan fingerprint density at radius 3 is 2.41 bits per heavy atom. The van der Waals surface area contributed by atoms with E-state index < -0.39 is 12.0 Å². The summed E-state index contributed by atoms with van der Waals surface area (Å²) in [6, 6.07) is 21.7. The van der Waals surface area contributed by atoms with Gasteiger partial charge in [-0.15, -0.1) is 0 Å². The number of carbonyl (C=O) groups excluding carboxylic acids is 3. The van der Waals surface area contributed by atoms with Crippen LogP contribution in [0.15, 0.2) is 77.3 Å². The van der Waals surface area contributed by atoms with Crippen molar-refractivity contribution in [3.63, 3.8) is 0 Å². The van der Waals surface area contributed by atoms with Gasteiger partial charge in [0.25, 0.3) is 11.8 Å². The molecular formula is C40H46N6O5. The van der Waals surface area contributed by atoms with Crippen molar-refractivity contribution in [2.75, 3.05) is 25.0 Å². The normalized spacial score (nSPS) is 14.7. The Morgan fingerprint density at radius 2 is 1.69 bits per heavy atom. The highest BCUT2D eigenvalue weighted by molar-refractivity contribution is 6.02. The van der Waals surface area contributed by atoms with Crippen LogP contribution in [0.1, 0.15) is 95.7 Å². The number of fused-ring (bicyclic) bond motifs is 2. The molecule has 5 aromatic rings. The van der Waals surface area contributed by atoms with Gasteiger partial charge in [0.15, 0.2) is 11.3 Å². The summed E-state index contributed by atoms with van der Waals surface area (Å²) in [4.78, 5) is 45.5. The summed E-state index contributed by atoms with van der Waals surface area (Å²) in [5, 5.41) is 23.1. The average Bonchev–Trinajstić information content (AvgIpc) is 3.77. The number of aliphatic hydroxyl groups is 1. The van der Waals surface area contributed by atoms with Gasteiger partial charge in [-0.2, -0.15) is 5.10 Å². The minimum Gasteiger partial charge on any atom is -0.394 e. The summed E-state index contributed by atoms with van der Waals surface area (Å²) < 4.78 is 7.07. The van der Waals surface area contributed by atoms with Gasteiger partial charge in [0, 0.05) is 36.4 Å². The number of benzene rings is 3. The quantitative estimate of drug-likeness (QED) is 0.141. The Bertz CT molecular complexity index is 2020.